The third kappa shape index (κ3) is 2.59. The first-order valence-corrected chi connectivity index (χ1v) is 5.79. The number of hydrogen-bond donors (Lipinski definition) is 3. The van der Waals surface area contributed by atoms with Crippen molar-refractivity contribution in [1.82, 2.24) is 5.32 Å². The third-order valence-corrected chi connectivity index (χ3v) is 3.26. The summed E-state index contributed by atoms with van der Waals surface area (Å²) in [7, 11) is 0. The molecule has 6 heteroatoms. The van der Waals surface area contributed by atoms with Crippen molar-refractivity contribution in [3.05, 3.63) is 29.8 Å². The van der Waals surface area contributed by atoms with Crippen LogP contribution in [0.4, 0.5) is 19.3 Å². The summed E-state index contributed by atoms with van der Waals surface area (Å²) in [5.74, 6) is -1.49. The Kier molecular flexibility index (Phi) is 3.47. The van der Waals surface area contributed by atoms with Gasteiger partial charge in [0.2, 0.25) is 0 Å². The number of carbonyl (C=O) groups excluding carboxylic acids is 1. The fraction of sp³-hybridized carbons (Fsp3) is 0.417. The van der Waals surface area contributed by atoms with E-state index in [0.717, 1.165) is 31.4 Å². The van der Waals surface area contributed by atoms with Gasteiger partial charge in [0.15, 0.2) is 0 Å². The number of rotatable bonds is 3. The fourth-order valence-electron chi connectivity index (χ4n) is 1.97. The zero-order valence-electron chi connectivity index (χ0n) is 9.80. The number of anilines is 1. The summed E-state index contributed by atoms with van der Waals surface area (Å²) < 4.78 is 26.0. The summed E-state index contributed by atoms with van der Waals surface area (Å²) in [4.78, 5) is 11.7. The number of benzene rings is 1. The van der Waals surface area contributed by atoms with Gasteiger partial charge in [-0.3, -0.25) is 0 Å². The Bertz CT molecular complexity index is 455. The fourth-order valence-corrected chi connectivity index (χ4v) is 1.97. The molecule has 1 aliphatic carbocycles. The average Bonchev–Trinajstić information content (AvgIpc) is 2.27. The van der Waals surface area contributed by atoms with E-state index in [1.807, 2.05) is 0 Å². The normalized spacial score (nSPS) is 16.8. The van der Waals surface area contributed by atoms with Crippen LogP contribution in [0, 0.1) is 11.6 Å². The molecule has 0 unspecified atom stereocenters. The number of carbonyl (C=O) groups is 1. The number of hydrogen-bond acceptors (Lipinski definition) is 2. The van der Waals surface area contributed by atoms with E-state index in [1.54, 1.807) is 0 Å². The molecule has 0 radical (unpaired) electrons. The summed E-state index contributed by atoms with van der Waals surface area (Å²) in [6, 6.07) is 2.46. The van der Waals surface area contributed by atoms with Crippen molar-refractivity contribution in [3.63, 3.8) is 0 Å². The van der Waals surface area contributed by atoms with Crippen molar-refractivity contribution in [2.75, 3.05) is 11.9 Å². The molecule has 18 heavy (non-hydrogen) atoms. The summed E-state index contributed by atoms with van der Waals surface area (Å²) in [5.41, 5.74) is 5.16. The minimum atomic E-state index is -0.805. The second kappa shape index (κ2) is 4.89. The second-order valence-electron chi connectivity index (χ2n) is 4.54. The Balaban J connectivity index is 1.98. The van der Waals surface area contributed by atoms with Crippen LogP contribution in [0.25, 0.3) is 0 Å². The Morgan fingerprint density at radius 3 is 2.61 bits per heavy atom. The summed E-state index contributed by atoms with van der Waals surface area (Å²) >= 11 is 0. The highest BCUT2D eigenvalue weighted by Gasteiger charge is 2.37. The standard InChI is InChI=1S/C12H15F2N3O/c13-8-2-3-10(9(14)6-8)16-11(18)17-12(7-15)4-1-5-12/h2-3,6H,1,4-5,7,15H2,(H2,16,17,18). The van der Waals surface area contributed by atoms with Crippen LogP contribution in [-0.4, -0.2) is 18.1 Å². The molecule has 1 saturated carbocycles. The van der Waals surface area contributed by atoms with Gasteiger partial charge < -0.3 is 16.4 Å². The number of amides is 2. The molecule has 0 heterocycles. The molecule has 1 fully saturated rings. The Hall–Kier alpha value is -1.69. The summed E-state index contributed by atoms with van der Waals surface area (Å²) in [5, 5.41) is 5.08. The van der Waals surface area contributed by atoms with Gasteiger partial charge in [-0.15, -0.1) is 0 Å². The van der Waals surface area contributed by atoms with Crippen LogP contribution >= 0.6 is 0 Å². The molecule has 0 spiro atoms. The van der Waals surface area contributed by atoms with Gasteiger partial charge in [0, 0.05) is 12.6 Å². The van der Waals surface area contributed by atoms with E-state index in [4.69, 9.17) is 5.73 Å². The van der Waals surface area contributed by atoms with Gasteiger partial charge in [-0.25, -0.2) is 13.6 Å². The zero-order valence-corrected chi connectivity index (χ0v) is 9.80. The largest absolute Gasteiger partial charge is 0.331 e. The maximum Gasteiger partial charge on any atom is 0.319 e. The highest BCUT2D eigenvalue weighted by atomic mass is 19.1. The van der Waals surface area contributed by atoms with Gasteiger partial charge >= 0.3 is 6.03 Å². The first-order valence-electron chi connectivity index (χ1n) is 5.79. The molecule has 98 valence electrons. The Labute approximate surface area is 104 Å². The molecule has 0 saturated heterocycles. The monoisotopic (exact) mass is 255 g/mol. The molecule has 0 aliphatic heterocycles. The zero-order chi connectivity index (χ0) is 13.2. The lowest BCUT2D eigenvalue weighted by atomic mass is 9.77. The maximum atomic E-state index is 13.3. The van der Waals surface area contributed by atoms with Crippen molar-refractivity contribution < 1.29 is 13.6 Å². The van der Waals surface area contributed by atoms with Crippen molar-refractivity contribution in [1.29, 1.82) is 0 Å². The van der Waals surface area contributed by atoms with Gasteiger partial charge in [-0.05, 0) is 31.4 Å². The van der Waals surface area contributed by atoms with Gasteiger partial charge in [0.05, 0.1) is 11.2 Å². The van der Waals surface area contributed by atoms with Gasteiger partial charge in [-0.1, -0.05) is 0 Å². The smallest absolute Gasteiger partial charge is 0.319 e. The van der Waals surface area contributed by atoms with Crippen LogP contribution in [-0.2, 0) is 0 Å². The SMILES string of the molecule is NCC1(NC(=O)Nc2ccc(F)cc2F)CCC1. The van der Waals surface area contributed by atoms with Crippen molar-refractivity contribution in [2.45, 2.75) is 24.8 Å². The van der Waals surface area contributed by atoms with Crippen molar-refractivity contribution in [2.24, 2.45) is 5.73 Å². The molecule has 0 bridgehead atoms. The molecule has 1 aromatic carbocycles. The number of nitrogens with two attached hydrogens (primary N) is 1. The molecular formula is C12H15F2N3O. The summed E-state index contributed by atoms with van der Waals surface area (Å²) in [6.45, 7) is 0.353. The van der Waals surface area contributed by atoms with E-state index in [1.165, 1.54) is 6.07 Å². The van der Waals surface area contributed by atoms with Crippen molar-refractivity contribution >= 4 is 11.7 Å². The first kappa shape index (κ1) is 12.8. The number of nitrogens with one attached hydrogen (secondary N) is 2. The molecule has 0 atom stereocenters. The van der Waals surface area contributed by atoms with Gasteiger partial charge in [0.1, 0.15) is 11.6 Å². The Morgan fingerprint density at radius 1 is 1.39 bits per heavy atom. The number of halogens is 2. The maximum absolute atomic E-state index is 13.3. The van der Waals surface area contributed by atoms with E-state index in [2.05, 4.69) is 10.6 Å². The predicted molar refractivity (Wildman–Crippen MR) is 64.1 cm³/mol. The van der Waals surface area contributed by atoms with E-state index in [0.29, 0.717) is 6.54 Å². The molecule has 2 rings (SSSR count). The lowest BCUT2D eigenvalue weighted by molar-refractivity contribution is 0.190. The Morgan fingerprint density at radius 2 is 2.11 bits per heavy atom. The first-order chi connectivity index (χ1) is 8.54. The van der Waals surface area contributed by atoms with Crippen LogP contribution in [0.1, 0.15) is 19.3 Å². The average molecular weight is 255 g/mol. The molecule has 2 amide bonds. The molecule has 4 N–H and O–H groups in total. The second-order valence-corrected chi connectivity index (χ2v) is 4.54. The highest BCUT2D eigenvalue weighted by Crippen LogP contribution is 2.30. The topological polar surface area (TPSA) is 67.1 Å². The lowest BCUT2D eigenvalue weighted by Crippen LogP contribution is -2.59. The van der Waals surface area contributed by atoms with E-state index >= 15 is 0 Å². The highest BCUT2D eigenvalue weighted by molar-refractivity contribution is 5.90. The molecule has 1 aromatic rings. The molecule has 1 aliphatic rings. The summed E-state index contributed by atoms with van der Waals surface area (Å²) in [6.07, 6.45) is 2.66. The lowest BCUT2D eigenvalue weighted by Gasteiger charge is -2.41. The van der Waals surface area contributed by atoms with Crippen LogP contribution in [0.15, 0.2) is 18.2 Å². The van der Waals surface area contributed by atoms with Gasteiger partial charge in [0.25, 0.3) is 0 Å². The number of urea groups is 1. The molecular weight excluding hydrogens is 240 g/mol. The minimum Gasteiger partial charge on any atom is -0.331 e. The molecule has 4 nitrogen and oxygen atoms in total. The van der Waals surface area contributed by atoms with Crippen LogP contribution < -0.4 is 16.4 Å². The van der Waals surface area contributed by atoms with Crippen LogP contribution in [0.3, 0.4) is 0 Å². The van der Waals surface area contributed by atoms with E-state index < -0.39 is 17.7 Å². The molecule has 0 aromatic heterocycles. The van der Waals surface area contributed by atoms with Crippen molar-refractivity contribution in [3.8, 4) is 0 Å². The minimum absolute atomic E-state index is 0.0552. The van der Waals surface area contributed by atoms with Crippen LogP contribution in [0.2, 0.25) is 0 Å². The van der Waals surface area contributed by atoms with Crippen LogP contribution in [0.5, 0.6) is 0 Å². The van der Waals surface area contributed by atoms with E-state index in [9.17, 15) is 13.6 Å². The van der Waals surface area contributed by atoms with Gasteiger partial charge in [-0.2, -0.15) is 0 Å². The predicted octanol–water partition coefficient (Wildman–Crippen LogP) is 1.97. The van der Waals surface area contributed by atoms with E-state index in [-0.39, 0.29) is 11.2 Å². The third-order valence-electron chi connectivity index (χ3n) is 3.26. The quantitative estimate of drug-likeness (QED) is 0.773.